The number of nitrogens with one attached hydrogen (secondary N) is 1. The highest BCUT2D eigenvalue weighted by molar-refractivity contribution is 6.05. The summed E-state index contributed by atoms with van der Waals surface area (Å²) in [5.41, 5.74) is 1.46. The van der Waals surface area contributed by atoms with E-state index in [0.29, 0.717) is 34.9 Å². The molecule has 0 heterocycles. The fourth-order valence-corrected chi connectivity index (χ4v) is 2.63. The number of anilines is 1. The van der Waals surface area contributed by atoms with Gasteiger partial charge in [-0.1, -0.05) is 18.2 Å². The summed E-state index contributed by atoms with van der Waals surface area (Å²) in [6.07, 6.45) is 1.73. The molecule has 2 aromatic carbocycles. The molecule has 0 radical (unpaired) electrons. The average Bonchev–Trinajstić information content (AvgIpc) is 2.73. The van der Waals surface area contributed by atoms with Crippen molar-refractivity contribution in [3.8, 4) is 11.5 Å². The van der Waals surface area contributed by atoms with Crippen molar-refractivity contribution in [1.29, 1.82) is 0 Å². The van der Waals surface area contributed by atoms with Crippen molar-refractivity contribution in [3.05, 3.63) is 59.7 Å². The van der Waals surface area contributed by atoms with Crippen LogP contribution in [-0.4, -0.2) is 37.5 Å². The monoisotopic (exact) mass is 411 g/mol. The summed E-state index contributed by atoms with van der Waals surface area (Å²) in [6, 6.07) is 11.9. The van der Waals surface area contributed by atoms with Gasteiger partial charge in [0.1, 0.15) is 0 Å². The number of para-hydroxylation sites is 1. The summed E-state index contributed by atoms with van der Waals surface area (Å²) in [4.78, 5) is 36.1. The van der Waals surface area contributed by atoms with Crippen LogP contribution in [0.4, 0.5) is 5.69 Å². The molecule has 0 saturated heterocycles. The van der Waals surface area contributed by atoms with Gasteiger partial charge in [-0.25, -0.2) is 4.79 Å². The Morgan fingerprint density at radius 2 is 1.83 bits per heavy atom. The van der Waals surface area contributed by atoms with Crippen molar-refractivity contribution in [2.24, 2.45) is 0 Å². The Morgan fingerprint density at radius 3 is 2.50 bits per heavy atom. The number of hydrogen-bond acceptors (Lipinski definition) is 6. The molecule has 0 saturated carbocycles. The molecule has 0 unspecified atom stereocenters. The number of ether oxygens (including phenoxy) is 3. The van der Waals surface area contributed by atoms with E-state index in [1.807, 2.05) is 6.92 Å². The summed E-state index contributed by atoms with van der Waals surface area (Å²) in [5, 5.41) is 2.61. The number of hydrogen-bond donors (Lipinski definition) is 1. The van der Waals surface area contributed by atoms with Gasteiger partial charge in [-0.3, -0.25) is 9.59 Å². The number of benzene rings is 2. The Morgan fingerprint density at radius 1 is 1.10 bits per heavy atom. The summed E-state index contributed by atoms with van der Waals surface area (Å²) in [7, 11) is 1.53. The minimum atomic E-state index is -1.04. The fourth-order valence-electron chi connectivity index (χ4n) is 2.63. The topological polar surface area (TPSA) is 90.9 Å². The molecule has 0 fully saturated rings. The standard InChI is InChI=1S/C23H25NO6/c1-5-29-20-12-10-17(14-21(20)28-4)11-13-22(26)30-16(3)23(27)24-19-9-7-6-8-18(19)15(2)25/h6-14,16H,5H2,1-4H3,(H,24,27)/b13-11+/t16-/m0/s1. The first-order valence-corrected chi connectivity index (χ1v) is 9.46. The SMILES string of the molecule is CCOc1ccc(/C=C/C(=O)O[C@@H](C)C(=O)Nc2ccccc2C(C)=O)cc1OC. The van der Waals surface area contributed by atoms with E-state index in [1.54, 1.807) is 48.5 Å². The van der Waals surface area contributed by atoms with E-state index in [1.165, 1.54) is 27.0 Å². The van der Waals surface area contributed by atoms with Crippen LogP contribution >= 0.6 is 0 Å². The molecular formula is C23H25NO6. The van der Waals surface area contributed by atoms with Gasteiger partial charge in [-0.15, -0.1) is 0 Å². The van der Waals surface area contributed by atoms with Gasteiger partial charge in [-0.05, 0) is 56.7 Å². The average molecular weight is 411 g/mol. The largest absolute Gasteiger partial charge is 0.493 e. The highest BCUT2D eigenvalue weighted by Crippen LogP contribution is 2.28. The van der Waals surface area contributed by atoms with E-state index in [4.69, 9.17) is 14.2 Å². The lowest BCUT2D eigenvalue weighted by Gasteiger charge is -2.14. The Kier molecular flexibility index (Phi) is 8.17. The number of carbonyl (C=O) groups is 3. The van der Waals surface area contributed by atoms with Crippen molar-refractivity contribution < 1.29 is 28.6 Å². The van der Waals surface area contributed by atoms with Crippen LogP contribution in [0.25, 0.3) is 6.08 Å². The molecule has 0 aromatic heterocycles. The molecule has 158 valence electrons. The Hall–Kier alpha value is -3.61. The quantitative estimate of drug-likeness (QED) is 0.383. The second-order valence-electron chi connectivity index (χ2n) is 6.35. The Balaban J connectivity index is 1.99. The lowest BCUT2D eigenvalue weighted by Crippen LogP contribution is -2.30. The third kappa shape index (κ3) is 6.20. The van der Waals surface area contributed by atoms with Gasteiger partial charge in [0, 0.05) is 11.6 Å². The molecule has 30 heavy (non-hydrogen) atoms. The number of ketones is 1. The van der Waals surface area contributed by atoms with Crippen LogP contribution in [0.5, 0.6) is 11.5 Å². The number of amides is 1. The van der Waals surface area contributed by atoms with Crippen LogP contribution in [0.15, 0.2) is 48.5 Å². The van der Waals surface area contributed by atoms with Gasteiger partial charge in [0.05, 0.1) is 19.4 Å². The molecule has 1 atom stereocenters. The third-order valence-corrected chi connectivity index (χ3v) is 4.13. The van der Waals surface area contributed by atoms with Gasteiger partial charge >= 0.3 is 5.97 Å². The predicted molar refractivity (Wildman–Crippen MR) is 114 cm³/mol. The zero-order valence-corrected chi connectivity index (χ0v) is 17.4. The van der Waals surface area contributed by atoms with E-state index in [-0.39, 0.29) is 5.78 Å². The summed E-state index contributed by atoms with van der Waals surface area (Å²) >= 11 is 0. The van der Waals surface area contributed by atoms with E-state index < -0.39 is 18.0 Å². The minimum absolute atomic E-state index is 0.177. The number of Topliss-reactive ketones (excluding diaryl/α,β-unsaturated/α-hetero) is 1. The maximum atomic E-state index is 12.3. The summed E-state index contributed by atoms with van der Waals surface area (Å²) in [5.74, 6) is -0.233. The van der Waals surface area contributed by atoms with Crippen LogP contribution in [0.2, 0.25) is 0 Å². The lowest BCUT2D eigenvalue weighted by atomic mass is 10.1. The second-order valence-corrected chi connectivity index (χ2v) is 6.35. The van der Waals surface area contributed by atoms with Crippen LogP contribution in [0.1, 0.15) is 36.7 Å². The fraction of sp³-hybridized carbons (Fsp3) is 0.261. The molecule has 7 nitrogen and oxygen atoms in total. The molecule has 7 heteroatoms. The normalized spacial score (nSPS) is 11.6. The number of esters is 1. The number of carbonyl (C=O) groups excluding carboxylic acids is 3. The second kappa shape index (κ2) is 10.8. The highest BCUT2D eigenvalue weighted by atomic mass is 16.5. The molecule has 2 aromatic rings. The maximum Gasteiger partial charge on any atom is 0.331 e. The first kappa shape index (κ1) is 22.7. The van der Waals surface area contributed by atoms with Crippen LogP contribution in [0.3, 0.4) is 0 Å². The van der Waals surface area contributed by atoms with Crippen LogP contribution < -0.4 is 14.8 Å². The smallest absolute Gasteiger partial charge is 0.331 e. The van der Waals surface area contributed by atoms with Crippen molar-refractivity contribution in [2.45, 2.75) is 26.9 Å². The van der Waals surface area contributed by atoms with Crippen LogP contribution in [-0.2, 0) is 14.3 Å². The van der Waals surface area contributed by atoms with E-state index in [9.17, 15) is 14.4 Å². The summed E-state index contributed by atoms with van der Waals surface area (Å²) < 4.78 is 15.9. The zero-order chi connectivity index (χ0) is 22.1. The van der Waals surface area contributed by atoms with Gasteiger partial charge in [0.2, 0.25) is 0 Å². The Bertz CT molecular complexity index is 950. The van der Waals surface area contributed by atoms with E-state index >= 15 is 0 Å². The van der Waals surface area contributed by atoms with Crippen molar-refractivity contribution in [1.82, 2.24) is 0 Å². The predicted octanol–water partition coefficient (Wildman–Crippen LogP) is 3.88. The molecular weight excluding hydrogens is 386 g/mol. The van der Waals surface area contributed by atoms with Gasteiger partial charge < -0.3 is 19.5 Å². The number of rotatable bonds is 9. The van der Waals surface area contributed by atoms with E-state index in [2.05, 4.69) is 5.32 Å². The molecule has 0 aliphatic carbocycles. The van der Waals surface area contributed by atoms with Gasteiger partial charge in [0.15, 0.2) is 23.4 Å². The van der Waals surface area contributed by atoms with E-state index in [0.717, 1.165) is 0 Å². The number of methoxy groups -OCH3 is 1. The lowest BCUT2D eigenvalue weighted by molar-refractivity contribution is -0.148. The highest BCUT2D eigenvalue weighted by Gasteiger charge is 2.18. The van der Waals surface area contributed by atoms with Crippen LogP contribution in [0, 0.1) is 0 Å². The minimum Gasteiger partial charge on any atom is -0.493 e. The molecule has 2 rings (SSSR count). The zero-order valence-electron chi connectivity index (χ0n) is 17.4. The molecule has 0 aliphatic rings. The maximum absolute atomic E-state index is 12.3. The molecule has 1 amide bonds. The molecule has 1 N–H and O–H groups in total. The molecule has 0 bridgehead atoms. The first-order chi connectivity index (χ1) is 14.3. The van der Waals surface area contributed by atoms with Gasteiger partial charge in [0.25, 0.3) is 5.91 Å². The molecule has 0 spiro atoms. The summed E-state index contributed by atoms with van der Waals surface area (Å²) in [6.45, 7) is 5.25. The van der Waals surface area contributed by atoms with Gasteiger partial charge in [-0.2, -0.15) is 0 Å². The molecule has 0 aliphatic heterocycles. The van der Waals surface area contributed by atoms with Crippen molar-refractivity contribution in [2.75, 3.05) is 19.0 Å². The van der Waals surface area contributed by atoms with Crippen molar-refractivity contribution >= 4 is 29.4 Å². The third-order valence-electron chi connectivity index (χ3n) is 4.13. The Labute approximate surface area is 175 Å². The first-order valence-electron chi connectivity index (χ1n) is 9.46. The van der Waals surface area contributed by atoms with Crippen molar-refractivity contribution in [3.63, 3.8) is 0 Å².